The van der Waals surface area contributed by atoms with E-state index in [4.69, 9.17) is 0 Å². The zero-order valence-electron chi connectivity index (χ0n) is 10.3. The predicted octanol–water partition coefficient (Wildman–Crippen LogP) is 3.81. The third-order valence-corrected chi connectivity index (χ3v) is 4.64. The molecule has 0 aliphatic heterocycles. The largest absolute Gasteiger partial charge is 0.243 e. The Kier molecular flexibility index (Phi) is 1.86. The number of halogens is 1. The molecule has 0 spiro atoms. The minimum absolute atomic E-state index is 0.365. The SMILES string of the molecule is CC1CC1(C)c1ccc2c(c1)CC(C)(F)C2. The van der Waals surface area contributed by atoms with Gasteiger partial charge in [-0.15, -0.1) is 0 Å². The van der Waals surface area contributed by atoms with E-state index in [1.807, 2.05) is 0 Å². The number of hydrogen-bond acceptors (Lipinski definition) is 0. The first kappa shape index (κ1) is 10.3. The number of rotatable bonds is 1. The summed E-state index contributed by atoms with van der Waals surface area (Å²) in [5.74, 6) is 0.781. The van der Waals surface area contributed by atoms with Crippen LogP contribution in [-0.4, -0.2) is 5.67 Å². The van der Waals surface area contributed by atoms with Crippen molar-refractivity contribution in [2.45, 2.75) is 51.1 Å². The van der Waals surface area contributed by atoms with Gasteiger partial charge in [-0.05, 0) is 41.4 Å². The van der Waals surface area contributed by atoms with Crippen molar-refractivity contribution in [1.29, 1.82) is 0 Å². The topological polar surface area (TPSA) is 0 Å². The molecule has 0 heterocycles. The van der Waals surface area contributed by atoms with E-state index in [1.165, 1.54) is 23.1 Å². The van der Waals surface area contributed by atoms with Gasteiger partial charge in [0, 0.05) is 12.8 Å². The first-order chi connectivity index (χ1) is 7.41. The highest BCUT2D eigenvalue weighted by Crippen LogP contribution is 2.54. The summed E-state index contributed by atoms with van der Waals surface area (Å²) >= 11 is 0. The maximum atomic E-state index is 13.9. The van der Waals surface area contributed by atoms with Crippen LogP contribution in [0.1, 0.15) is 43.9 Å². The van der Waals surface area contributed by atoms with Gasteiger partial charge in [-0.2, -0.15) is 0 Å². The molecule has 0 aromatic heterocycles. The van der Waals surface area contributed by atoms with Gasteiger partial charge in [0.1, 0.15) is 5.67 Å². The lowest BCUT2D eigenvalue weighted by atomic mass is 9.93. The molecule has 86 valence electrons. The van der Waals surface area contributed by atoms with Gasteiger partial charge in [-0.25, -0.2) is 4.39 Å². The van der Waals surface area contributed by atoms with Crippen LogP contribution in [0.25, 0.3) is 0 Å². The molecule has 1 aromatic rings. The molecular formula is C15H19F. The van der Waals surface area contributed by atoms with Crippen molar-refractivity contribution in [3.63, 3.8) is 0 Å². The van der Waals surface area contributed by atoms with E-state index in [2.05, 4.69) is 32.0 Å². The zero-order valence-corrected chi connectivity index (χ0v) is 10.3. The zero-order chi connectivity index (χ0) is 11.6. The minimum Gasteiger partial charge on any atom is -0.243 e. The van der Waals surface area contributed by atoms with Gasteiger partial charge in [0.2, 0.25) is 0 Å². The molecular weight excluding hydrogens is 199 g/mol. The molecule has 0 saturated heterocycles. The standard InChI is InChI=1S/C15H19F/c1-10-7-15(10,3)13-5-4-11-8-14(2,16)9-12(11)6-13/h4-6,10H,7-9H2,1-3H3. The van der Waals surface area contributed by atoms with Crippen molar-refractivity contribution in [3.8, 4) is 0 Å². The molecule has 3 rings (SSSR count). The van der Waals surface area contributed by atoms with Crippen LogP contribution >= 0.6 is 0 Å². The lowest BCUT2D eigenvalue weighted by molar-refractivity contribution is 0.205. The first-order valence-electron chi connectivity index (χ1n) is 6.22. The molecule has 0 N–H and O–H groups in total. The Morgan fingerprint density at radius 1 is 1.19 bits per heavy atom. The normalized spacial score (nSPS) is 40.9. The van der Waals surface area contributed by atoms with E-state index in [0.717, 1.165) is 5.92 Å². The molecule has 0 nitrogen and oxygen atoms in total. The van der Waals surface area contributed by atoms with E-state index < -0.39 is 5.67 Å². The second-order valence-corrected chi connectivity index (χ2v) is 6.27. The van der Waals surface area contributed by atoms with Crippen LogP contribution < -0.4 is 0 Å². The van der Waals surface area contributed by atoms with Crippen LogP contribution in [0.15, 0.2) is 18.2 Å². The third-order valence-electron chi connectivity index (χ3n) is 4.64. The van der Waals surface area contributed by atoms with E-state index in [-0.39, 0.29) is 0 Å². The third kappa shape index (κ3) is 1.41. The van der Waals surface area contributed by atoms with Crippen LogP contribution in [0.2, 0.25) is 0 Å². The smallest absolute Gasteiger partial charge is 0.116 e. The lowest BCUT2D eigenvalue weighted by Gasteiger charge is -2.12. The lowest BCUT2D eigenvalue weighted by Crippen LogP contribution is -2.16. The van der Waals surface area contributed by atoms with Gasteiger partial charge in [0.25, 0.3) is 0 Å². The molecule has 2 aliphatic carbocycles. The molecule has 2 aliphatic rings. The van der Waals surface area contributed by atoms with Gasteiger partial charge in [-0.3, -0.25) is 0 Å². The van der Waals surface area contributed by atoms with Crippen LogP contribution in [0.5, 0.6) is 0 Å². The van der Waals surface area contributed by atoms with Crippen molar-refractivity contribution in [2.24, 2.45) is 5.92 Å². The van der Waals surface area contributed by atoms with Gasteiger partial charge < -0.3 is 0 Å². The fourth-order valence-electron chi connectivity index (χ4n) is 3.15. The summed E-state index contributed by atoms with van der Waals surface area (Å²) < 4.78 is 13.9. The van der Waals surface area contributed by atoms with Crippen LogP contribution in [-0.2, 0) is 18.3 Å². The summed E-state index contributed by atoms with van der Waals surface area (Å²) in [6, 6.07) is 6.61. The van der Waals surface area contributed by atoms with Crippen molar-refractivity contribution >= 4 is 0 Å². The molecule has 3 atom stereocenters. The average Bonchev–Trinajstić information content (AvgIpc) is 2.68. The van der Waals surface area contributed by atoms with Crippen LogP contribution in [0.4, 0.5) is 4.39 Å². The predicted molar refractivity (Wildman–Crippen MR) is 64.5 cm³/mol. The van der Waals surface area contributed by atoms with E-state index >= 15 is 0 Å². The Balaban J connectivity index is 1.97. The van der Waals surface area contributed by atoms with Gasteiger partial charge in [-0.1, -0.05) is 32.0 Å². The summed E-state index contributed by atoms with van der Waals surface area (Å²) in [4.78, 5) is 0. The van der Waals surface area contributed by atoms with Crippen LogP contribution in [0, 0.1) is 5.92 Å². The van der Waals surface area contributed by atoms with Gasteiger partial charge in [0.15, 0.2) is 0 Å². The highest BCUT2D eigenvalue weighted by atomic mass is 19.1. The molecule has 16 heavy (non-hydrogen) atoms. The second-order valence-electron chi connectivity index (χ2n) is 6.27. The van der Waals surface area contributed by atoms with Crippen LogP contribution in [0.3, 0.4) is 0 Å². The van der Waals surface area contributed by atoms with Crippen molar-refractivity contribution in [3.05, 3.63) is 34.9 Å². The Labute approximate surface area is 96.9 Å². The Bertz CT molecular complexity index is 447. The Morgan fingerprint density at radius 3 is 2.44 bits per heavy atom. The molecule has 1 saturated carbocycles. The summed E-state index contributed by atoms with van der Waals surface area (Å²) in [6.07, 6.45) is 2.47. The maximum Gasteiger partial charge on any atom is 0.116 e. The molecule has 0 radical (unpaired) electrons. The summed E-state index contributed by atoms with van der Waals surface area (Å²) in [5, 5.41) is 0. The van der Waals surface area contributed by atoms with Gasteiger partial charge >= 0.3 is 0 Å². The molecule has 0 bridgehead atoms. The molecule has 3 unspecified atom stereocenters. The number of fused-ring (bicyclic) bond motifs is 1. The van der Waals surface area contributed by atoms with Crippen molar-refractivity contribution in [2.75, 3.05) is 0 Å². The fourth-order valence-corrected chi connectivity index (χ4v) is 3.15. The van der Waals surface area contributed by atoms with Gasteiger partial charge in [0.05, 0.1) is 0 Å². The molecule has 0 amide bonds. The monoisotopic (exact) mass is 218 g/mol. The average molecular weight is 218 g/mol. The molecule has 1 heteroatoms. The summed E-state index contributed by atoms with van der Waals surface area (Å²) in [6.45, 7) is 6.34. The van der Waals surface area contributed by atoms with E-state index in [9.17, 15) is 4.39 Å². The number of hydrogen-bond donors (Lipinski definition) is 0. The highest BCUT2D eigenvalue weighted by Gasteiger charge is 2.48. The summed E-state index contributed by atoms with van der Waals surface area (Å²) in [7, 11) is 0. The van der Waals surface area contributed by atoms with E-state index in [0.29, 0.717) is 18.3 Å². The quantitative estimate of drug-likeness (QED) is 0.672. The van der Waals surface area contributed by atoms with E-state index in [1.54, 1.807) is 6.92 Å². The summed E-state index contributed by atoms with van der Waals surface area (Å²) in [5.41, 5.74) is 3.21. The highest BCUT2D eigenvalue weighted by molar-refractivity contribution is 5.43. The minimum atomic E-state index is -1.02. The Morgan fingerprint density at radius 2 is 1.81 bits per heavy atom. The van der Waals surface area contributed by atoms with Crippen molar-refractivity contribution < 1.29 is 4.39 Å². The first-order valence-corrected chi connectivity index (χ1v) is 6.22. The number of benzene rings is 1. The van der Waals surface area contributed by atoms with Crippen molar-refractivity contribution in [1.82, 2.24) is 0 Å². The Hall–Kier alpha value is -0.850. The number of alkyl halides is 1. The second kappa shape index (κ2) is 2.88. The molecule has 1 aromatic carbocycles. The fraction of sp³-hybridized carbons (Fsp3) is 0.600. The molecule has 1 fully saturated rings. The maximum absolute atomic E-state index is 13.9.